The van der Waals surface area contributed by atoms with E-state index in [0.717, 1.165) is 47.2 Å². The minimum absolute atomic E-state index is 0.483. The summed E-state index contributed by atoms with van der Waals surface area (Å²) in [5, 5.41) is 7.51. The van der Waals surface area contributed by atoms with Crippen LogP contribution in [0, 0.1) is 20.8 Å². The van der Waals surface area contributed by atoms with Crippen molar-refractivity contribution in [1.82, 2.24) is 19.7 Å². The number of rotatable bonds is 4. The van der Waals surface area contributed by atoms with E-state index in [1.807, 2.05) is 39.5 Å². The zero-order valence-corrected chi connectivity index (χ0v) is 13.2. The van der Waals surface area contributed by atoms with Crippen LogP contribution in [-0.4, -0.2) is 26.8 Å². The van der Waals surface area contributed by atoms with Crippen molar-refractivity contribution in [3.05, 3.63) is 22.8 Å². The van der Waals surface area contributed by atoms with Gasteiger partial charge in [-0.2, -0.15) is 10.1 Å². The molecule has 0 atom stereocenters. The predicted molar refractivity (Wildman–Crippen MR) is 81.0 cm³/mol. The summed E-state index contributed by atoms with van der Waals surface area (Å²) < 4.78 is 7.90. The summed E-state index contributed by atoms with van der Waals surface area (Å²) >= 11 is 0. The Hall–Kier alpha value is -2.11. The Balaban J connectivity index is 2.02. The molecule has 0 aliphatic heterocycles. The van der Waals surface area contributed by atoms with Crippen LogP contribution in [0.1, 0.15) is 41.5 Å². The molecule has 112 valence electrons. The minimum Gasteiger partial charge on any atom is -0.435 e. The minimum atomic E-state index is 0.483. The van der Waals surface area contributed by atoms with Gasteiger partial charge in [0.25, 0.3) is 0 Å². The number of aryl methyl sites for hydroxylation is 2. The summed E-state index contributed by atoms with van der Waals surface area (Å²) in [6.07, 6.45) is 2.33. The smallest absolute Gasteiger partial charge is 0.227 e. The van der Waals surface area contributed by atoms with E-state index in [1.165, 1.54) is 0 Å². The molecule has 0 radical (unpaired) electrons. The van der Waals surface area contributed by atoms with E-state index in [-0.39, 0.29) is 0 Å². The molecular formula is C15H21N5O. The maximum absolute atomic E-state index is 6.08. The zero-order chi connectivity index (χ0) is 15.1. The normalized spacial score (nSPS) is 14.3. The molecule has 2 aromatic rings. The first-order valence-electron chi connectivity index (χ1n) is 7.25. The maximum atomic E-state index is 6.08. The Kier molecular flexibility index (Phi) is 3.31. The molecule has 0 aromatic carbocycles. The van der Waals surface area contributed by atoms with E-state index in [1.54, 1.807) is 0 Å². The lowest BCUT2D eigenvalue weighted by molar-refractivity contribution is 0.447. The lowest BCUT2D eigenvalue weighted by Crippen LogP contribution is -2.05. The Bertz CT molecular complexity index is 688. The van der Waals surface area contributed by atoms with Crippen molar-refractivity contribution in [1.29, 1.82) is 0 Å². The van der Waals surface area contributed by atoms with Gasteiger partial charge >= 0.3 is 0 Å². The molecule has 0 amide bonds. The van der Waals surface area contributed by atoms with Crippen molar-refractivity contribution in [2.45, 2.75) is 39.5 Å². The lowest BCUT2D eigenvalue weighted by atomic mass is 10.3. The number of nitrogens with zero attached hydrogens (tertiary/aromatic N) is 4. The van der Waals surface area contributed by atoms with E-state index in [2.05, 4.69) is 20.4 Å². The van der Waals surface area contributed by atoms with E-state index < -0.39 is 0 Å². The van der Waals surface area contributed by atoms with Crippen molar-refractivity contribution >= 4 is 5.82 Å². The van der Waals surface area contributed by atoms with Crippen molar-refractivity contribution in [2.24, 2.45) is 7.05 Å². The largest absolute Gasteiger partial charge is 0.435 e. The molecule has 0 saturated heterocycles. The van der Waals surface area contributed by atoms with E-state index in [4.69, 9.17) is 4.74 Å². The summed E-state index contributed by atoms with van der Waals surface area (Å²) in [6.45, 7) is 5.91. The highest BCUT2D eigenvalue weighted by molar-refractivity contribution is 5.50. The molecule has 6 heteroatoms. The van der Waals surface area contributed by atoms with Gasteiger partial charge in [0.05, 0.1) is 11.3 Å². The summed E-state index contributed by atoms with van der Waals surface area (Å²) in [6, 6.07) is 0. The first-order valence-corrected chi connectivity index (χ1v) is 7.25. The molecule has 1 aliphatic rings. The van der Waals surface area contributed by atoms with Gasteiger partial charge in [-0.3, -0.25) is 4.68 Å². The summed E-state index contributed by atoms with van der Waals surface area (Å²) in [7, 11) is 3.78. The third kappa shape index (κ3) is 2.46. The lowest BCUT2D eigenvalue weighted by Gasteiger charge is -2.13. The highest BCUT2D eigenvalue weighted by atomic mass is 16.5. The molecule has 1 saturated carbocycles. The molecule has 2 heterocycles. The number of hydrogen-bond donors (Lipinski definition) is 1. The highest BCUT2D eigenvalue weighted by Gasteiger charge is 2.29. The van der Waals surface area contributed by atoms with Gasteiger partial charge in [-0.05, 0) is 33.6 Å². The van der Waals surface area contributed by atoms with Crippen LogP contribution in [0.3, 0.4) is 0 Å². The number of anilines is 1. The molecule has 1 fully saturated rings. The van der Waals surface area contributed by atoms with Gasteiger partial charge in [-0.15, -0.1) is 0 Å². The fraction of sp³-hybridized carbons (Fsp3) is 0.533. The number of hydrogen-bond acceptors (Lipinski definition) is 5. The van der Waals surface area contributed by atoms with Gasteiger partial charge in [0, 0.05) is 20.0 Å². The third-order valence-corrected chi connectivity index (χ3v) is 3.94. The monoisotopic (exact) mass is 287 g/mol. The van der Waals surface area contributed by atoms with E-state index in [0.29, 0.717) is 11.8 Å². The Morgan fingerprint density at radius 2 is 1.90 bits per heavy atom. The van der Waals surface area contributed by atoms with Crippen molar-refractivity contribution in [3.63, 3.8) is 0 Å². The van der Waals surface area contributed by atoms with Gasteiger partial charge in [-0.25, -0.2) is 4.98 Å². The van der Waals surface area contributed by atoms with Crippen LogP contribution >= 0.6 is 0 Å². The van der Waals surface area contributed by atoms with E-state index >= 15 is 0 Å². The molecule has 2 aromatic heterocycles. The van der Waals surface area contributed by atoms with Crippen LogP contribution in [0.5, 0.6) is 11.6 Å². The molecule has 0 spiro atoms. The summed E-state index contributed by atoms with van der Waals surface area (Å²) in [5.74, 6) is 3.59. The van der Waals surface area contributed by atoms with Gasteiger partial charge in [0.1, 0.15) is 17.3 Å². The van der Waals surface area contributed by atoms with Gasteiger partial charge in [-0.1, -0.05) is 0 Å². The first-order chi connectivity index (χ1) is 10.0. The Morgan fingerprint density at radius 3 is 2.43 bits per heavy atom. The standard InChI is InChI=1S/C15H21N5O/c1-8-13(16-4)17-14(11-6-7-11)18-15(8)21-12-9(2)19-20(5)10(12)3/h11H,6-7H2,1-5H3,(H,16,17,18). The fourth-order valence-corrected chi connectivity index (χ4v) is 2.38. The van der Waals surface area contributed by atoms with Crippen molar-refractivity contribution < 1.29 is 4.74 Å². The second-order valence-electron chi connectivity index (χ2n) is 5.61. The number of nitrogens with one attached hydrogen (secondary N) is 1. The predicted octanol–water partition coefficient (Wildman–Crippen LogP) is 2.85. The van der Waals surface area contributed by atoms with E-state index in [9.17, 15) is 0 Å². The average Bonchev–Trinajstić information content (AvgIpc) is 3.26. The second-order valence-corrected chi connectivity index (χ2v) is 5.61. The van der Waals surface area contributed by atoms with Crippen LogP contribution in [0.25, 0.3) is 0 Å². The maximum Gasteiger partial charge on any atom is 0.227 e. The van der Waals surface area contributed by atoms with Crippen LogP contribution in [0.15, 0.2) is 0 Å². The zero-order valence-electron chi connectivity index (χ0n) is 13.2. The van der Waals surface area contributed by atoms with Crippen LogP contribution < -0.4 is 10.1 Å². The van der Waals surface area contributed by atoms with Crippen molar-refractivity contribution in [3.8, 4) is 11.6 Å². The topological polar surface area (TPSA) is 64.9 Å². The fourth-order valence-electron chi connectivity index (χ4n) is 2.38. The molecular weight excluding hydrogens is 266 g/mol. The van der Waals surface area contributed by atoms with Gasteiger partial charge in [0.15, 0.2) is 5.75 Å². The SMILES string of the molecule is CNc1nc(C2CC2)nc(Oc2c(C)nn(C)c2C)c1C. The third-order valence-electron chi connectivity index (χ3n) is 3.94. The molecule has 1 aliphatic carbocycles. The molecule has 6 nitrogen and oxygen atoms in total. The highest BCUT2D eigenvalue weighted by Crippen LogP contribution is 2.40. The van der Waals surface area contributed by atoms with Gasteiger partial charge < -0.3 is 10.1 Å². The quantitative estimate of drug-likeness (QED) is 0.936. The molecule has 0 bridgehead atoms. The number of ether oxygens (including phenoxy) is 1. The van der Waals surface area contributed by atoms with Crippen LogP contribution in [-0.2, 0) is 7.05 Å². The average molecular weight is 287 g/mol. The Morgan fingerprint density at radius 1 is 1.19 bits per heavy atom. The Labute approximate surface area is 124 Å². The molecule has 1 N–H and O–H groups in total. The number of aromatic nitrogens is 4. The second kappa shape index (κ2) is 5.02. The first kappa shape index (κ1) is 13.9. The molecule has 3 rings (SSSR count). The van der Waals surface area contributed by atoms with Crippen LogP contribution in [0.4, 0.5) is 5.82 Å². The molecule has 21 heavy (non-hydrogen) atoms. The summed E-state index contributed by atoms with van der Waals surface area (Å²) in [4.78, 5) is 9.20. The summed E-state index contributed by atoms with van der Waals surface area (Å²) in [5.41, 5.74) is 2.78. The van der Waals surface area contributed by atoms with Crippen LogP contribution in [0.2, 0.25) is 0 Å². The molecule has 0 unspecified atom stereocenters. The van der Waals surface area contributed by atoms with Crippen molar-refractivity contribution in [2.75, 3.05) is 12.4 Å². The van der Waals surface area contributed by atoms with Gasteiger partial charge in [0.2, 0.25) is 5.88 Å².